The first kappa shape index (κ1) is 22.0. The fraction of sp³-hybridized carbons (Fsp3) is 0.591. The van der Waals surface area contributed by atoms with Gasteiger partial charge in [-0.15, -0.1) is 11.3 Å². The summed E-state index contributed by atoms with van der Waals surface area (Å²) in [5.74, 6) is 0.858. The van der Waals surface area contributed by atoms with Gasteiger partial charge < -0.3 is 14.4 Å². The number of hydrogen-bond acceptors (Lipinski definition) is 9. The summed E-state index contributed by atoms with van der Waals surface area (Å²) in [6.45, 7) is 9.01. The van der Waals surface area contributed by atoms with Gasteiger partial charge in [0.2, 0.25) is 0 Å². The van der Waals surface area contributed by atoms with Gasteiger partial charge in [0.1, 0.15) is 17.4 Å². The second kappa shape index (κ2) is 11.4. The predicted molar refractivity (Wildman–Crippen MR) is 126 cm³/mol. The molecule has 0 unspecified atom stereocenters. The van der Waals surface area contributed by atoms with Crippen molar-refractivity contribution in [1.29, 1.82) is 0 Å². The molecule has 0 aromatic carbocycles. The van der Waals surface area contributed by atoms with Crippen molar-refractivity contribution in [3.8, 4) is 6.01 Å². The van der Waals surface area contributed by atoms with Crippen LogP contribution in [-0.2, 0) is 11.2 Å². The standard InChI is InChI=1S/C22H32N6O2S/c1-2-19-6-7-21(31-19)26-23-17-18-16-20(28-11-13-29-14-12-28)25-22(24-18)30-15-10-27-8-4-3-5-9-27/h6-7,16-17,26H,2-5,8-15H2,1H3. The van der Waals surface area contributed by atoms with Crippen LogP contribution in [0.5, 0.6) is 6.01 Å². The SMILES string of the molecule is CCc1ccc(NN=Cc2cc(N3CCOCC3)nc(OCCN3CCCCC3)n2)s1. The summed E-state index contributed by atoms with van der Waals surface area (Å²) in [7, 11) is 0. The smallest absolute Gasteiger partial charge is 0.319 e. The molecule has 2 aromatic rings. The second-order valence-electron chi connectivity index (χ2n) is 7.77. The quantitative estimate of drug-likeness (QED) is 0.470. The molecule has 2 saturated heterocycles. The fourth-order valence-corrected chi connectivity index (χ4v) is 4.55. The molecule has 168 valence electrons. The molecule has 1 N–H and O–H groups in total. The van der Waals surface area contributed by atoms with E-state index in [-0.39, 0.29) is 0 Å². The van der Waals surface area contributed by atoms with Gasteiger partial charge in [0.25, 0.3) is 0 Å². The number of hydrazone groups is 1. The summed E-state index contributed by atoms with van der Waals surface area (Å²) >= 11 is 1.71. The summed E-state index contributed by atoms with van der Waals surface area (Å²) in [5.41, 5.74) is 3.83. The van der Waals surface area contributed by atoms with Crippen LogP contribution < -0.4 is 15.1 Å². The number of nitrogens with zero attached hydrogens (tertiary/aromatic N) is 5. The number of rotatable bonds is 9. The number of nitrogens with one attached hydrogen (secondary N) is 1. The Balaban J connectivity index is 1.42. The molecule has 0 spiro atoms. The Morgan fingerprint density at radius 3 is 2.77 bits per heavy atom. The maximum absolute atomic E-state index is 5.96. The molecule has 0 radical (unpaired) electrons. The molecule has 0 bridgehead atoms. The number of aromatic nitrogens is 2. The Bertz CT molecular complexity index is 846. The number of aryl methyl sites for hydroxylation is 1. The van der Waals surface area contributed by atoms with Crippen molar-refractivity contribution in [3.05, 3.63) is 28.8 Å². The highest BCUT2D eigenvalue weighted by molar-refractivity contribution is 7.16. The minimum atomic E-state index is 0.409. The van der Waals surface area contributed by atoms with Crippen LogP contribution in [0.25, 0.3) is 0 Å². The third-order valence-corrected chi connectivity index (χ3v) is 6.65. The highest BCUT2D eigenvalue weighted by atomic mass is 32.1. The van der Waals surface area contributed by atoms with Crippen LogP contribution >= 0.6 is 11.3 Å². The molecule has 0 saturated carbocycles. The van der Waals surface area contributed by atoms with Crippen LogP contribution in [0.1, 0.15) is 36.8 Å². The molecular weight excluding hydrogens is 412 g/mol. The van der Waals surface area contributed by atoms with Gasteiger partial charge in [-0.05, 0) is 44.5 Å². The van der Waals surface area contributed by atoms with E-state index < -0.39 is 0 Å². The van der Waals surface area contributed by atoms with Crippen molar-refractivity contribution < 1.29 is 9.47 Å². The third kappa shape index (κ3) is 6.62. The maximum Gasteiger partial charge on any atom is 0.319 e. The van der Waals surface area contributed by atoms with E-state index in [1.165, 1.54) is 24.1 Å². The largest absolute Gasteiger partial charge is 0.462 e. The zero-order valence-corrected chi connectivity index (χ0v) is 19.1. The van der Waals surface area contributed by atoms with E-state index in [0.717, 1.165) is 55.7 Å². The first-order chi connectivity index (χ1) is 15.3. The van der Waals surface area contributed by atoms with Gasteiger partial charge in [0, 0.05) is 30.6 Å². The fourth-order valence-electron chi connectivity index (χ4n) is 3.75. The highest BCUT2D eigenvalue weighted by Crippen LogP contribution is 2.22. The Hall–Kier alpha value is -2.23. The van der Waals surface area contributed by atoms with E-state index in [1.54, 1.807) is 17.6 Å². The van der Waals surface area contributed by atoms with Crippen LogP contribution in [0.4, 0.5) is 10.8 Å². The summed E-state index contributed by atoms with van der Waals surface area (Å²) < 4.78 is 11.4. The zero-order valence-electron chi connectivity index (χ0n) is 18.3. The summed E-state index contributed by atoms with van der Waals surface area (Å²) in [4.78, 5) is 15.2. The second-order valence-corrected chi connectivity index (χ2v) is 8.94. The Morgan fingerprint density at radius 2 is 2.00 bits per heavy atom. The van der Waals surface area contributed by atoms with Gasteiger partial charge in [-0.1, -0.05) is 13.3 Å². The lowest BCUT2D eigenvalue weighted by atomic mass is 10.1. The number of likely N-dealkylation sites (tertiary alicyclic amines) is 1. The van der Waals surface area contributed by atoms with Gasteiger partial charge in [-0.25, -0.2) is 0 Å². The first-order valence-electron chi connectivity index (χ1n) is 11.2. The van der Waals surface area contributed by atoms with E-state index in [9.17, 15) is 0 Å². The van der Waals surface area contributed by atoms with Crippen molar-refractivity contribution in [2.45, 2.75) is 32.6 Å². The first-order valence-corrected chi connectivity index (χ1v) is 12.1. The molecule has 2 aliphatic heterocycles. The predicted octanol–water partition coefficient (Wildman–Crippen LogP) is 3.25. The third-order valence-electron chi connectivity index (χ3n) is 5.52. The number of thiophene rings is 1. The molecule has 2 aromatic heterocycles. The van der Waals surface area contributed by atoms with Crippen molar-refractivity contribution in [2.24, 2.45) is 5.10 Å². The molecular formula is C22H32N6O2S. The highest BCUT2D eigenvalue weighted by Gasteiger charge is 2.16. The van der Waals surface area contributed by atoms with Crippen LogP contribution in [0, 0.1) is 0 Å². The normalized spacial score (nSPS) is 17.9. The lowest BCUT2D eigenvalue weighted by molar-refractivity contribution is 0.122. The van der Waals surface area contributed by atoms with Crippen molar-refractivity contribution in [3.63, 3.8) is 0 Å². The van der Waals surface area contributed by atoms with Crippen molar-refractivity contribution in [2.75, 3.05) is 62.9 Å². The lowest BCUT2D eigenvalue weighted by Crippen LogP contribution is -2.37. The Labute approximate surface area is 188 Å². The van der Waals surface area contributed by atoms with Crippen LogP contribution in [0.15, 0.2) is 23.3 Å². The van der Waals surface area contributed by atoms with E-state index in [0.29, 0.717) is 25.8 Å². The number of anilines is 2. The zero-order chi connectivity index (χ0) is 21.3. The average molecular weight is 445 g/mol. The minimum Gasteiger partial charge on any atom is -0.462 e. The van der Waals surface area contributed by atoms with E-state index in [1.807, 2.05) is 6.07 Å². The minimum absolute atomic E-state index is 0.409. The van der Waals surface area contributed by atoms with Crippen LogP contribution in [-0.4, -0.2) is 73.6 Å². The molecule has 9 heteroatoms. The number of piperidine rings is 1. The lowest BCUT2D eigenvalue weighted by Gasteiger charge is -2.28. The van der Waals surface area contributed by atoms with Gasteiger partial charge in [0.05, 0.1) is 25.1 Å². The van der Waals surface area contributed by atoms with Crippen LogP contribution in [0.3, 0.4) is 0 Å². The summed E-state index contributed by atoms with van der Waals surface area (Å²) in [6.07, 6.45) is 6.66. The average Bonchev–Trinajstić information content (AvgIpc) is 3.28. The molecule has 0 atom stereocenters. The van der Waals surface area contributed by atoms with Gasteiger partial charge >= 0.3 is 6.01 Å². The molecule has 4 heterocycles. The summed E-state index contributed by atoms with van der Waals surface area (Å²) in [5, 5.41) is 5.40. The maximum atomic E-state index is 5.96. The Morgan fingerprint density at radius 1 is 1.16 bits per heavy atom. The number of hydrogen-bond donors (Lipinski definition) is 1. The van der Waals surface area contributed by atoms with Crippen LogP contribution in [0.2, 0.25) is 0 Å². The molecule has 0 aliphatic carbocycles. The topological polar surface area (TPSA) is 75.1 Å². The molecule has 0 amide bonds. The van der Waals surface area contributed by atoms with E-state index >= 15 is 0 Å². The molecule has 2 aliphatic rings. The van der Waals surface area contributed by atoms with E-state index in [4.69, 9.17) is 9.47 Å². The molecule has 31 heavy (non-hydrogen) atoms. The molecule has 4 rings (SSSR count). The summed E-state index contributed by atoms with van der Waals surface area (Å²) in [6, 6.07) is 6.54. The monoisotopic (exact) mass is 444 g/mol. The van der Waals surface area contributed by atoms with Crippen molar-refractivity contribution >= 4 is 28.4 Å². The molecule has 8 nitrogen and oxygen atoms in total. The van der Waals surface area contributed by atoms with Gasteiger partial charge in [-0.2, -0.15) is 15.1 Å². The Kier molecular flexibility index (Phi) is 8.09. The van der Waals surface area contributed by atoms with Gasteiger partial charge in [0.15, 0.2) is 0 Å². The van der Waals surface area contributed by atoms with Gasteiger partial charge in [-0.3, -0.25) is 10.3 Å². The number of morpholine rings is 1. The molecule has 2 fully saturated rings. The van der Waals surface area contributed by atoms with E-state index in [2.05, 4.69) is 49.4 Å². The van der Waals surface area contributed by atoms with Crippen molar-refractivity contribution in [1.82, 2.24) is 14.9 Å². The number of ether oxygens (including phenoxy) is 2.